The highest BCUT2D eigenvalue weighted by atomic mass is 19.1. The fraction of sp³-hybridized carbons (Fsp3) is 0.0909. The first-order valence-corrected chi connectivity index (χ1v) is 4.44. The summed E-state index contributed by atoms with van der Waals surface area (Å²) in [4.78, 5) is 3.01. The normalized spacial score (nSPS) is 11.6. The molecule has 2 nitrogen and oxygen atoms in total. The summed E-state index contributed by atoms with van der Waals surface area (Å²) < 4.78 is 12.8. The van der Waals surface area contributed by atoms with Gasteiger partial charge in [0.1, 0.15) is 5.82 Å². The molecule has 0 aliphatic heterocycles. The van der Waals surface area contributed by atoms with Gasteiger partial charge < -0.3 is 10.7 Å². The molecule has 0 fully saturated rings. The summed E-state index contributed by atoms with van der Waals surface area (Å²) in [5.41, 5.74) is 7.20. The molecule has 0 aliphatic carbocycles. The van der Waals surface area contributed by atoms with Crippen LogP contribution in [-0.4, -0.2) is 11.5 Å². The van der Waals surface area contributed by atoms with E-state index < -0.39 is 0 Å². The van der Waals surface area contributed by atoms with Crippen LogP contribution in [0, 0.1) is 5.82 Å². The summed E-state index contributed by atoms with van der Waals surface area (Å²) in [6.07, 6.45) is 5.64. The molecular formula is C11H11FN2. The summed E-state index contributed by atoms with van der Waals surface area (Å²) in [7, 11) is 0. The third-order valence-electron chi connectivity index (χ3n) is 2.11. The zero-order chi connectivity index (χ0) is 9.97. The molecule has 0 spiro atoms. The Morgan fingerprint density at radius 2 is 2.29 bits per heavy atom. The molecule has 3 heteroatoms. The molecule has 0 radical (unpaired) electrons. The lowest BCUT2D eigenvalue weighted by Gasteiger charge is -1.91. The molecule has 2 aromatic rings. The van der Waals surface area contributed by atoms with Crippen LogP contribution in [0.15, 0.2) is 30.5 Å². The monoisotopic (exact) mass is 190 g/mol. The van der Waals surface area contributed by atoms with Gasteiger partial charge in [-0.05, 0) is 23.8 Å². The average molecular weight is 190 g/mol. The largest absolute Gasteiger partial charge is 0.360 e. The number of hydrogen-bond acceptors (Lipinski definition) is 1. The fourth-order valence-corrected chi connectivity index (χ4v) is 1.45. The lowest BCUT2D eigenvalue weighted by Crippen LogP contribution is -1.91. The predicted molar refractivity (Wildman–Crippen MR) is 56.3 cm³/mol. The quantitative estimate of drug-likeness (QED) is 0.749. The number of fused-ring (bicyclic) bond motifs is 1. The van der Waals surface area contributed by atoms with Crippen LogP contribution >= 0.6 is 0 Å². The molecule has 14 heavy (non-hydrogen) atoms. The van der Waals surface area contributed by atoms with Gasteiger partial charge in [-0.3, -0.25) is 0 Å². The first-order valence-electron chi connectivity index (χ1n) is 4.44. The Labute approximate surface area is 81.2 Å². The van der Waals surface area contributed by atoms with Crippen LogP contribution in [0.1, 0.15) is 5.56 Å². The number of hydrogen-bond donors (Lipinski definition) is 2. The number of nitrogens with one attached hydrogen (secondary N) is 1. The number of aromatic amines is 1. The van der Waals surface area contributed by atoms with E-state index in [0.29, 0.717) is 6.54 Å². The summed E-state index contributed by atoms with van der Waals surface area (Å²) in [6.45, 7) is 0.508. The highest BCUT2D eigenvalue weighted by molar-refractivity contribution is 5.88. The molecular weight excluding hydrogens is 179 g/mol. The minimum absolute atomic E-state index is 0.228. The summed E-state index contributed by atoms with van der Waals surface area (Å²) in [5.74, 6) is -0.228. The zero-order valence-corrected chi connectivity index (χ0v) is 7.63. The van der Waals surface area contributed by atoms with E-state index in [4.69, 9.17) is 5.73 Å². The van der Waals surface area contributed by atoms with E-state index in [2.05, 4.69) is 4.98 Å². The fourth-order valence-electron chi connectivity index (χ4n) is 1.45. The summed E-state index contributed by atoms with van der Waals surface area (Å²) in [6, 6.07) is 4.70. The van der Waals surface area contributed by atoms with Gasteiger partial charge >= 0.3 is 0 Å². The maximum Gasteiger partial charge on any atom is 0.125 e. The molecule has 0 amide bonds. The van der Waals surface area contributed by atoms with Crippen molar-refractivity contribution in [1.29, 1.82) is 0 Å². The highest BCUT2D eigenvalue weighted by Gasteiger charge is 2.00. The molecule has 0 saturated carbocycles. The Balaban J connectivity index is 2.53. The van der Waals surface area contributed by atoms with Gasteiger partial charge in [0.25, 0.3) is 0 Å². The molecule has 0 saturated heterocycles. The van der Waals surface area contributed by atoms with Gasteiger partial charge in [-0.15, -0.1) is 0 Å². The first kappa shape index (κ1) is 8.97. The number of halogens is 1. The lowest BCUT2D eigenvalue weighted by molar-refractivity contribution is 0.629. The topological polar surface area (TPSA) is 41.8 Å². The summed E-state index contributed by atoms with van der Waals surface area (Å²) in [5, 5.41) is 1.01. The van der Waals surface area contributed by atoms with Crippen molar-refractivity contribution >= 4 is 17.0 Å². The lowest BCUT2D eigenvalue weighted by atomic mass is 10.1. The Morgan fingerprint density at radius 1 is 1.43 bits per heavy atom. The molecule has 0 bridgehead atoms. The predicted octanol–water partition coefficient (Wildman–Crippen LogP) is 2.28. The Kier molecular flexibility index (Phi) is 2.33. The van der Waals surface area contributed by atoms with Gasteiger partial charge in [0, 0.05) is 23.6 Å². The number of rotatable bonds is 2. The second-order valence-corrected chi connectivity index (χ2v) is 3.07. The number of nitrogens with two attached hydrogens (primary N) is 1. The van der Waals surface area contributed by atoms with Crippen molar-refractivity contribution in [3.05, 3.63) is 41.9 Å². The molecule has 1 aromatic carbocycles. The maximum absolute atomic E-state index is 12.8. The zero-order valence-electron chi connectivity index (χ0n) is 7.63. The molecule has 0 aliphatic rings. The van der Waals surface area contributed by atoms with Crippen molar-refractivity contribution in [2.24, 2.45) is 5.73 Å². The van der Waals surface area contributed by atoms with E-state index in [0.717, 1.165) is 16.5 Å². The van der Waals surface area contributed by atoms with Gasteiger partial charge in [0.05, 0.1) is 0 Å². The van der Waals surface area contributed by atoms with Crippen LogP contribution in [0.2, 0.25) is 0 Å². The van der Waals surface area contributed by atoms with E-state index in [1.165, 1.54) is 12.1 Å². The SMILES string of the molecule is NCC=Cc1c[nH]c2cc(F)ccc12. The third-order valence-corrected chi connectivity index (χ3v) is 2.11. The molecule has 1 aromatic heterocycles. The molecule has 0 unspecified atom stereocenters. The maximum atomic E-state index is 12.8. The smallest absolute Gasteiger partial charge is 0.125 e. The van der Waals surface area contributed by atoms with E-state index in [1.807, 2.05) is 18.3 Å². The van der Waals surface area contributed by atoms with E-state index in [-0.39, 0.29) is 5.82 Å². The van der Waals surface area contributed by atoms with Crippen molar-refractivity contribution in [2.45, 2.75) is 0 Å². The van der Waals surface area contributed by atoms with E-state index in [1.54, 1.807) is 6.07 Å². The van der Waals surface area contributed by atoms with Gasteiger partial charge in [-0.1, -0.05) is 12.2 Å². The van der Waals surface area contributed by atoms with Crippen LogP contribution in [0.25, 0.3) is 17.0 Å². The van der Waals surface area contributed by atoms with Gasteiger partial charge in [-0.2, -0.15) is 0 Å². The van der Waals surface area contributed by atoms with Crippen molar-refractivity contribution in [1.82, 2.24) is 4.98 Å². The van der Waals surface area contributed by atoms with Gasteiger partial charge in [-0.25, -0.2) is 4.39 Å². The van der Waals surface area contributed by atoms with E-state index >= 15 is 0 Å². The number of aromatic nitrogens is 1. The standard InChI is InChI=1S/C11H11FN2/c12-9-3-4-10-8(2-1-5-13)7-14-11(10)6-9/h1-4,6-7,14H,5,13H2. The molecule has 3 N–H and O–H groups in total. The van der Waals surface area contributed by atoms with Crippen LogP contribution in [0.4, 0.5) is 4.39 Å². The van der Waals surface area contributed by atoms with Crippen molar-refractivity contribution in [3.8, 4) is 0 Å². The average Bonchev–Trinajstić information content (AvgIpc) is 2.57. The van der Waals surface area contributed by atoms with Gasteiger partial charge in [0.2, 0.25) is 0 Å². The first-order chi connectivity index (χ1) is 6.81. The van der Waals surface area contributed by atoms with Crippen LogP contribution < -0.4 is 5.73 Å². The minimum Gasteiger partial charge on any atom is -0.360 e. The molecule has 0 atom stereocenters. The molecule has 1 heterocycles. The second kappa shape index (κ2) is 3.64. The van der Waals surface area contributed by atoms with Crippen LogP contribution in [-0.2, 0) is 0 Å². The van der Waals surface area contributed by atoms with Crippen molar-refractivity contribution < 1.29 is 4.39 Å². The van der Waals surface area contributed by atoms with Crippen molar-refractivity contribution in [2.75, 3.05) is 6.54 Å². The van der Waals surface area contributed by atoms with Crippen LogP contribution in [0.5, 0.6) is 0 Å². The summed E-state index contributed by atoms with van der Waals surface area (Å²) >= 11 is 0. The molecule has 72 valence electrons. The Hall–Kier alpha value is -1.61. The Bertz CT molecular complexity index is 471. The van der Waals surface area contributed by atoms with Gasteiger partial charge in [0.15, 0.2) is 0 Å². The number of benzene rings is 1. The second-order valence-electron chi connectivity index (χ2n) is 3.07. The number of H-pyrrole nitrogens is 1. The van der Waals surface area contributed by atoms with E-state index in [9.17, 15) is 4.39 Å². The van der Waals surface area contributed by atoms with Crippen molar-refractivity contribution in [3.63, 3.8) is 0 Å². The Morgan fingerprint density at radius 3 is 3.07 bits per heavy atom. The third kappa shape index (κ3) is 1.54. The highest BCUT2D eigenvalue weighted by Crippen LogP contribution is 2.19. The van der Waals surface area contributed by atoms with Crippen LogP contribution in [0.3, 0.4) is 0 Å². The minimum atomic E-state index is -0.228. The molecule has 2 rings (SSSR count).